The second-order valence-corrected chi connectivity index (χ2v) is 10.8. The standard InChI is InChI=1S/C33H33F3N2O5/c1-2-12-25-27(18-17-24-26(33(34,35)36)21-28(39)43-29(24)25)42-20-11-5-10-19-38-30(40)32(37-31(38)41,22-13-6-3-7-14-22)23-15-8-4-9-16-23/h3-4,6-9,13-15,17-18,21,23H,2,5,10-12,16,19-20H2,1H3,(H,37,41). The van der Waals surface area contributed by atoms with Gasteiger partial charge in [0.25, 0.3) is 5.91 Å². The summed E-state index contributed by atoms with van der Waals surface area (Å²) < 4.78 is 51.8. The van der Waals surface area contributed by atoms with Crippen LogP contribution < -0.4 is 15.7 Å². The Labute approximate surface area is 247 Å². The van der Waals surface area contributed by atoms with Gasteiger partial charge in [-0.05, 0) is 49.8 Å². The van der Waals surface area contributed by atoms with Crippen LogP contribution in [0.4, 0.5) is 18.0 Å². The summed E-state index contributed by atoms with van der Waals surface area (Å²) >= 11 is 0. The molecule has 5 rings (SSSR count). The normalized spacial score (nSPS) is 20.2. The molecule has 1 aliphatic heterocycles. The lowest BCUT2D eigenvalue weighted by atomic mass is 9.75. The number of hydrogen-bond donors (Lipinski definition) is 1. The van der Waals surface area contributed by atoms with E-state index >= 15 is 0 Å². The van der Waals surface area contributed by atoms with E-state index in [2.05, 4.69) is 5.32 Å². The van der Waals surface area contributed by atoms with Gasteiger partial charge in [0.05, 0.1) is 12.2 Å². The summed E-state index contributed by atoms with van der Waals surface area (Å²) in [5.41, 5.74) is -2.22. The van der Waals surface area contributed by atoms with Crippen molar-refractivity contribution in [2.75, 3.05) is 13.2 Å². The van der Waals surface area contributed by atoms with Crippen LogP contribution in [-0.2, 0) is 22.9 Å². The predicted octanol–water partition coefficient (Wildman–Crippen LogP) is 6.89. The van der Waals surface area contributed by atoms with Gasteiger partial charge in [-0.2, -0.15) is 13.2 Å². The first-order valence-corrected chi connectivity index (χ1v) is 14.5. The molecule has 3 aromatic rings. The quantitative estimate of drug-likeness (QED) is 0.148. The van der Waals surface area contributed by atoms with Crippen LogP contribution in [-0.4, -0.2) is 30.0 Å². The average molecular weight is 595 g/mol. The number of rotatable bonds is 11. The Bertz CT molecular complexity index is 1610. The van der Waals surface area contributed by atoms with Crippen LogP contribution in [0.2, 0.25) is 0 Å². The number of halogens is 3. The molecule has 3 amide bonds. The summed E-state index contributed by atoms with van der Waals surface area (Å²) in [4.78, 5) is 40.1. The summed E-state index contributed by atoms with van der Waals surface area (Å²) in [7, 11) is 0. The van der Waals surface area contributed by atoms with Crippen molar-refractivity contribution < 1.29 is 31.9 Å². The average Bonchev–Trinajstić information content (AvgIpc) is 3.25. The van der Waals surface area contributed by atoms with Crippen molar-refractivity contribution in [3.05, 3.63) is 99.9 Å². The maximum atomic E-state index is 13.8. The molecule has 1 N–H and O–H groups in total. The summed E-state index contributed by atoms with van der Waals surface area (Å²) in [5, 5.41) is 2.82. The number of imide groups is 1. The highest BCUT2D eigenvalue weighted by Gasteiger charge is 2.55. The van der Waals surface area contributed by atoms with Crippen LogP contribution in [0.25, 0.3) is 11.0 Å². The molecule has 10 heteroatoms. The number of unbranched alkanes of at least 4 members (excludes halogenated alkanes) is 2. The molecule has 0 radical (unpaired) electrons. The molecule has 0 bridgehead atoms. The first kappa shape index (κ1) is 30.1. The minimum atomic E-state index is -4.70. The minimum absolute atomic E-state index is 0.108. The molecule has 2 heterocycles. The lowest BCUT2D eigenvalue weighted by Gasteiger charge is -2.34. The van der Waals surface area contributed by atoms with E-state index in [4.69, 9.17) is 9.15 Å². The molecule has 0 saturated carbocycles. The topological polar surface area (TPSA) is 88.9 Å². The van der Waals surface area contributed by atoms with E-state index in [1.165, 1.54) is 17.0 Å². The molecular weight excluding hydrogens is 561 g/mol. The predicted molar refractivity (Wildman–Crippen MR) is 156 cm³/mol. The van der Waals surface area contributed by atoms with E-state index in [0.29, 0.717) is 55.9 Å². The fourth-order valence-electron chi connectivity index (χ4n) is 5.91. The van der Waals surface area contributed by atoms with Crippen molar-refractivity contribution in [2.24, 2.45) is 5.92 Å². The first-order chi connectivity index (χ1) is 20.7. The van der Waals surface area contributed by atoms with Gasteiger partial charge in [-0.25, -0.2) is 9.59 Å². The minimum Gasteiger partial charge on any atom is -0.493 e. The lowest BCUT2D eigenvalue weighted by molar-refractivity contribution is -0.136. The van der Waals surface area contributed by atoms with Gasteiger partial charge in [-0.15, -0.1) is 0 Å². The van der Waals surface area contributed by atoms with E-state index in [-0.39, 0.29) is 35.9 Å². The highest BCUT2D eigenvalue weighted by molar-refractivity contribution is 6.08. The number of amides is 3. The number of urea groups is 1. The van der Waals surface area contributed by atoms with Crippen molar-refractivity contribution in [1.29, 1.82) is 0 Å². The molecule has 43 heavy (non-hydrogen) atoms. The number of aryl methyl sites for hydroxylation is 1. The van der Waals surface area contributed by atoms with Gasteiger partial charge in [0.1, 0.15) is 11.3 Å². The highest BCUT2D eigenvalue weighted by Crippen LogP contribution is 2.40. The van der Waals surface area contributed by atoms with Crippen molar-refractivity contribution in [3.63, 3.8) is 0 Å². The van der Waals surface area contributed by atoms with Gasteiger partial charge >= 0.3 is 17.8 Å². The van der Waals surface area contributed by atoms with Crippen LogP contribution in [0.15, 0.2) is 82.0 Å². The third-order valence-electron chi connectivity index (χ3n) is 7.96. The van der Waals surface area contributed by atoms with Crippen LogP contribution in [0.1, 0.15) is 55.7 Å². The Hall–Kier alpha value is -4.34. The lowest BCUT2D eigenvalue weighted by Crippen LogP contribution is -2.50. The third kappa shape index (κ3) is 5.96. The SMILES string of the molecule is CCCc1c(OCCCCCN2C(=O)NC(c3ccccc3)(C3C=CC=CC3)C2=O)ccc2c(C(F)(F)F)cc(=O)oc12. The number of carbonyl (C=O) groups is 2. The maximum Gasteiger partial charge on any atom is 0.417 e. The number of nitrogens with one attached hydrogen (secondary N) is 1. The Morgan fingerprint density at radius 3 is 2.53 bits per heavy atom. The molecule has 1 fully saturated rings. The van der Waals surface area contributed by atoms with Gasteiger partial charge in [0.15, 0.2) is 5.54 Å². The Morgan fingerprint density at radius 2 is 1.84 bits per heavy atom. The molecular formula is C33H33F3N2O5. The second-order valence-electron chi connectivity index (χ2n) is 10.8. The number of ether oxygens (including phenoxy) is 1. The molecule has 0 spiro atoms. The molecule has 2 atom stereocenters. The van der Waals surface area contributed by atoms with Crippen LogP contribution in [0, 0.1) is 5.92 Å². The zero-order valence-corrected chi connectivity index (χ0v) is 23.8. The Morgan fingerprint density at radius 1 is 1.05 bits per heavy atom. The van der Waals surface area contributed by atoms with E-state index in [9.17, 15) is 27.6 Å². The molecule has 1 aromatic heterocycles. The molecule has 2 aromatic carbocycles. The van der Waals surface area contributed by atoms with Gasteiger partial charge < -0.3 is 14.5 Å². The molecule has 226 valence electrons. The number of allylic oxidation sites excluding steroid dienone is 3. The molecule has 2 aliphatic rings. The largest absolute Gasteiger partial charge is 0.493 e. The van der Waals surface area contributed by atoms with Crippen molar-refractivity contribution in [3.8, 4) is 5.75 Å². The van der Waals surface area contributed by atoms with Gasteiger partial charge in [-0.3, -0.25) is 9.69 Å². The summed E-state index contributed by atoms with van der Waals surface area (Å²) in [6.45, 7) is 2.38. The summed E-state index contributed by atoms with van der Waals surface area (Å²) in [6, 6.07) is 12.1. The van der Waals surface area contributed by atoms with Crippen LogP contribution in [0.5, 0.6) is 5.75 Å². The van der Waals surface area contributed by atoms with Gasteiger partial charge in [-0.1, -0.05) is 68.0 Å². The Kier molecular flexibility index (Phi) is 8.75. The number of fused-ring (bicyclic) bond motifs is 1. The van der Waals surface area contributed by atoms with Crippen molar-refractivity contribution in [1.82, 2.24) is 10.2 Å². The second kappa shape index (κ2) is 12.5. The first-order valence-electron chi connectivity index (χ1n) is 14.5. The number of carbonyl (C=O) groups excluding carboxylic acids is 2. The van der Waals surface area contributed by atoms with Crippen molar-refractivity contribution >= 4 is 22.9 Å². The maximum absolute atomic E-state index is 13.8. The smallest absolute Gasteiger partial charge is 0.417 e. The monoisotopic (exact) mass is 594 g/mol. The third-order valence-corrected chi connectivity index (χ3v) is 7.96. The number of alkyl halides is 3. The summed E-state index contributed by atoms with van der Waals surface area (Å²) in [5.74, 6) is -0.121. The van der Waals surface area contributed by atoms with Crippen LogP contribution in [0.3, 0.4) is 0 Å². The van der Waals surface area contributed by atoms with Crippen molar-refractivity contribution in [2.45, 2.75) is 57.2 Å². The number of hydrogen-bond acceptors (Lipinski definition) is 5. The zero-order chi connectivity index (χ0) is 30.6. The van der Waals surface area contributed by atoms with E-state index in [0.717, 1.165) is 5.56 Å². The van der Waals surface area contributed by atoms with Gasteiger partial charge in [0, 0.05) is 29.5 Å². The van der Waals surface area contributed by atoms with Gasteiger partial charge in [0.2, 0.25) is 0 Å². The highest BCUT2D eigenvalue weighted by atomic mass is 19.4. The molecule has 2 unspecified atom stereocenters. The van der Waals surface area contributed by atoms with Crippen LogP contribution >= 0.6 is 0 Å². The number of benzene rings is 2. The summed E-state index contributed by atoms with van der Waals surface area (Å²) in [6.07, 6.45) is 6.46. The number of nitrogens with zero attached hydrogens (tertiary/aromatic N) is 1. The fraction of sp³-hybridized carbons (Fsp3) is 0.364. The fourth-order valence-corrected chi connectivity index (χ4v) is 5.91. The zero-order valence-electron chi connectivity index (χ0n) is 23.8. The van der Waals surface area contributed by atoms with E-state index < -0.39 is 28.9 Å². The molecule has 1 aliphatic carbocycles. The van der Waals surface area contributed by atoms with E-state index in [1.54, 1.807) is 0 Å². The van der Waals surface area contributed by atoms with E-state index in [1.807, 2.05) is 61.6 Å². The molecule has 7 nitrogen and oxygen atoms in total. The Balaban J connectivity index is 1.23. The molecule has 1 saturated heterocycles.